The molecule has 0 aliphatic carbocycles. The highest BCUT2D eigenvalue weighted by Crippen LogP contribution is 2.14. The normalized spacial score (nSPS) is 13.6. The first-order valence-electron chi connectivity index (χ1n) is 6.45. The van der Waals surface area contributed by atoms with Crippen molar-refractivity contribution in [1.29, 1.82) is 0 Å². The van der Waals surface area contributed by atoms with Gasteiger partial charge in [-0.05, 0) is 31.1 Å². The number of nitrogens with zero attached hydrogens (tertiary/aromatic N) is 1. The summed E-state index contributed by atoms with van der Waals surface area (Å²) in [6.45, 7) is 12.7. The van der Waals surface area contributed by atoms with Crippen LogP contribution in [0.3, 0.4) is 0 Å². The standard InChI is InChI=1S/C15H28NP/c1-6-14(12-16(5)10-11-17)8-9-15(7-2)13(3)4/h6,8-9,13H,1,7,10-12,17H2,2-5H3/b14-8+,15-9+. The van der Waals surface area contributed by atoms with Gasteiger partial charge in [-0.15, -0.1) is 9.24 Å². The van der Waals surface area contributed by atoms with E-state index in [-0.39, 0.29) is 0 Å². The molecule has 1 unspecified atom stereocenters. The molecule has 0 saturated carbocycles. The predicted octanol–water partition coefficient (Wildman–Crippen LogP) is 3.90. The van der Waals surface area contributed by atoms with Gasteiger partial charge in [-0.3, -0.25) is 0 Å². The van der Waals surface area contributed by atoms with Gasteiger partial charge in [0.2, 0.25) is 0 Å². The minimum atomic E-state index is 0.632. The van der Waals surface area contributed by atoms with Crippen molar-refractivity contribution >= 4 is 9.24 Å². The highest BCUT2D eigenvalue weighted by Gasteiger charge is 2.00. The maximum atomic E-state index is 3.89. The van der Waals surface area contributed by atoms with Crippen molar-refractivity contribution in [1.82, 2.24) is 4.90 Å². The van der Waals surface area contributed by atoms with Crippen molar-refractivity contribution in [2.24, 2.45) is 5.92 Å². The molecule has 0 fully saturated rings. The lowest BCUT2D eigenvalue weighted by atomic mass is 10.00. The molecule has 17 heavy (non-hydrogen) atoms. The average Bonchev–Trinajstić information content (AvgIpc) is 2.28. The van der Waals surface area contributed by atoms with E-state index in [0.29, 0.717) is 5.92 Å². The molecular formula is C15H28NP. The summed E-state index contributed by atoms with van der Waals surface area (Å²) in [5, 5.41) is 0. The highest BCUT2D eigenvalue weighted by atomic mass is 31.0. The van der Waals surface area contributed by atoms with Crippen LogP contribution in [0.25, 0.3) is 0 Å². The first-order valence-corrected chi connectivity index (χ1v) is 7.27. The molecule has 0 bridgehead atoms. The molecule has 0 N–H and O–H groups in total. The van der Waals surface area contributed by atoms with Crippen LogP contribution in [0.4, 0.5) is 0 Å². The SMILES string of the molecule is C=C/C(=C\C=C(/CC)C(C)C)CN(C)CCP. The van der Waals surface area contributed by atoms with E-state index in [9.17, 15) is 0 Å². The van der Waals surface area contributed by atoms with Crippen LogP contribution >= 0.6 is 9.24 Å². The molecule has 0 aliphatic heterocycles. The fraction of sp³-hybridized carbons (Fsp3) is 0.600. The Kier molecular flexibility index (Phi) is 9.40. The Balaban J connectivity index is 4.59. The first-order chi connectivity index (χ1) is 8.04. The largest absolute Gasteiger partial charge is 0.302 e. The van der Waals surface area contributed by atoms with Crippen LogP contribution in [-0.2, 0) is 0 Å². The second kappa shape index (κ2) is 9.62. The quantitative estimate of drug-likeness (QED) is 0.468. The van der Waals surface area contributed by atoms with E-state index in [0.717, 1.165) is 25.7 Å². The van der Waals surface area contributed by atoms with Crippen LogP contribution in [-0.4, -0.2) is 31.2 Å². The third-order valence-electron chi connectivity index (χ3n) is 2.89. The zero-order valence-electron chi connectivity index (χ0n) is 11.9. The van der Waals surface area contributed by atoms with Gasteiger partial charge in [0.05, 0.1) is 0 Å². The molecule has 1 atom stereocenters. The molecule has 2 heteroatoms. The smallest absolute Gasteiger partial charge is 0.0230 e. The first kappa shape index (κ1) is 16.6. The minimum Gasteiger partial charge on any atom is -0.302 e. The lowest BCUT2D eigenvalue weighted by Gasteiger charge is -2.16. The molecule has 98 valence electrons. The fourth-order valence-electron chi connectivity index (χ4n) is 1.73. The van der Waals surface area contributed by atoms with Crippen molar-refractivity contribution in [3.05, 3.63) is 36.0 Å². The molecule has 0 radical (unpaired) electrons. The fourth-order valence-corrected chi connectivity index (χ4v) is 2.17. The molecule has 0 heterocycles. The topological polar surface area (TPSA) is 3.24 Å². The van der Waals surface area contributed by atoms with Crippen LogP contribution in [0.2, 0.25) is 0 Å². The van der Waals surface area contributed by atoms with Crippen LogP contribution < -0.4 is 0 Å². The van der Waals surface area contributed by atoms with E-state index in [4.69, 9.17) is 0 Å². The third kappa shape index (κ3) is 7.52. The Morgan fingerprint density at radius 1 is 1.35 bits per heavy atom. The maximum Gasteiger partial charge on any atom is 0.0230 e. The molecule has 0 spiro atoms. The van der Waals surface area contributed by atoms with E-state index in [1.54, 1.807) is 0 Å². The van der Waals surface area contributed by atoms with Gasteiger partial charge in [0.1, 0.15) is 0 Å². The summed E-state index contributed by atoms with van der Waals surface area (Å²) in [5.74, 6) is 0.632. The number of hydrogen-bond donors (Lipinski definition) is 0. The van der Waals surface area contributed by atoms with Gasteiger partial charge in [-0.2, -0.15) is 0 Å². The Morgan fingerprint density at radius 3 is 2.41 bits per heavy atom. The van der Waals surface area contributed by atoms with Gasteiger partial charge in [-0.25, -0.2) is 0 Å². The Hall–Kier alpha value is -0.390. The van der Waals surface area contributed by atoms with E-state index in [2.05, 4.69) is 60.7 Å². The van der Waals surface area contributed by atoms with E-state index >= 15 is 0 Å². The van der Waals surface area contributed by atoms with Gasteiger partial charge in [-0.1, -0.05) is 51.2 Å². The Bertz CT molecular complexity index is 277. The minimum absolute atomic E-state index is 0.632. The number of likely N-dealkylation sites (N-methyl/N-ethyl adjacent to an activating group) is 1. The van der Waals surface area contributed by atoms with Gasteiger partial charge in [0.25, 0.3) is 0 Å². The van der Waals surface area contributed by atoms with Crippen molar-refractivity contribution in [3.63, 3.8) is 0 Å². The molecular weight excluding hydrogens is 225 g/mol. The molecule has 0 amide bonds. The second-order valence-corrected chi connectivity index (χ2v) is 5.30. The molecule has 0 aromatic carbocycles. The molecule has 0 aromatic heterocycles. The summed E-state index contributed by atoms with van der Waals surface area (Å²) >= 11 is 0. The van der Waals surface area contributed by atoms with Crippen LogP contribution in [0, 0.1) is 5.92 Å². The lowest BCUT2D eigenvalue weighted by Crippen LogP contribution is -2.22. The summed E-state index contributed by atoms with van der Waals surface area (Å²) < 4.78 is 0. The Morgan fingerprint density at radius 2 is 2.00 bits per heavy atom. The maximum absolute atomic E-state index is 3.89. The molecule has 0 aromatic rings. The second-order valence-electron chi connectivity index (χ2n) is 4.72. The number of rotatable bonds is 8. The molecule has 0 aliphatic rings. The number of hydrogen-bond acceptors (Lipinski definition) is 1. The Labute approximate surface area is 110 Å². The average molecular weight is 253 g/mol. The third-order valence-corrected chi connectivity index (χ3v) is 3.15. The highest BCUT2D eigenvalue weighted by molar-refractivity contribution is 7.16. The van der Waals surface area contributed by atoms with E-state index in [1.165, 1.54) is 11.1 Å². The van der Waals surface area contributed by atoms with Crippen LogP contribution in [0.15, 0.2) is 36.0 Å². The zero-order valence-corrected chi connectivity index (χ0v) is 13.0. The van der Waals surface area contributed by atoms with E-state index in [1.807, 2.05) is 6.08 Å². The molecule has 0 saturated heterocycles. The van der Waals surface area contributed by atoms with Crippen molar-refractivity contribution in [3.8, 4) is 0 Å². The van der Waals surface area contributed by atoms with Crippen molar-refractivity contribution < 1.29 is 0 Å². The number of allylic oxidation sites excluding steroid dienone is 3. The summed E-state index contributed by atoms with van der Waals surface area (Å²) in [4.78, 5) is 2.31. The summed E-state index contributed by atoms with van der Waals surface area (Å²) in [6.07, 6.45) is 8.67. The van der Waals surface area contributed by atoms with E-state index < -0.39 is 0 Å². The zero-order chi connectivity index (χ0) is 13.3. The van der Waals surface area contributed by atoms with Gasteiger partial charge >= 0.3 is 0 Å². The van der Waals surface area contributed by atoms with Crippen LogP contribution in [0.1, 0.15) is 27.2 Å². The van der Waals surface area contributed by atoms with Gasteiger partial charge < -0.3 is 4.90 Å². The summed E-state index contributed by atoms with van der Waals surface area (Å²) in [7, 11) is 4.91. The van der Waals surface area contributed by atoms with Crippen LogP contribution in [0.5, 0.6) is 0 Å². The summed E-state index contributed by atoms with van der Waals surface area (Å²) in [6, 6.07) is 0. The van der Waals surface area contributed by atoms with Crippen molar-refractivity contribution in [2.75, 3.05) is 26.3 Å². The van der Waals surface area contributed by atoms with Gasteiger partial charge in [0, 0.05) is 13.1 Å². The molecule has 1 nitrogen and oxygen atoms in total. The van der Waals surface area contributed by atoms with Crippen molar-refractivity contribution in [2.45, 2.75) is 27.2 Å². The summed E-state index contributed by atoms with van der Waals surface area (Å²) in [5.41, 5.74) is 2.79. The monoisotopic (exact) mass is 253 g/mol. The van der Waals surface area contributed by atoms with Gasteiger partial charge in [0.15, 0.2) is 0 Å². The molecule has 0 rings (SSSR count). The predicted molar refractivity (Wildman–Crippen MR) is 83.6 cm³/mol. The lowest BCUT2D eigenvalue weighted by molar-refractivity contribution is 0.389.